The molecule has 8 heteroatoms. The van der Waals surface area contributed by atoms with E-state index in [-0.39, 0.29) is 9.80 Å². The van der Waals surface area contributed by atoms with Gasteiger partial charge in [0.1, 0.15) is 10.9 Å². The molecule has 1 aliphatic rings. The molecule has 0 aromatic heterocycles. The summed E-state index contributed by atoms with van der Waals surface area (Å²) in [4.78, 5) is 15.2. The first-order chi connectivity index (χ1) is 14.8. The van der Waals surface area contributed by atoms with Crippen LogP contribution in [0.4, 0.5) is 5.69 Å². The molecule has 0 bridgehead atoms. The number of thioether (sulfide) groups is 1. The second-order valence-corrected chi connectivity index (χ2v) is 10.6. The maximum Gasteiger partial charge on any atom is 0.295 e. The molecule has 0 radical (unpaired) electrons. The number of carbonyl (C=O) groups is 1. The molecule has 0 unspecified atom stereocenters. The average molecular weight is 516 g/mol. The highest BCUT2D eigenvalue weighted by molar-refractivity contribution is 9.10. The van der Waals surface area contributed by atoms with Crippen molar-refractivity contribution in [3.8, 4) is 0 Å². The predicted octanol–water partition coefficient (Wildman–Crippen LogP) is 5.50. The SMILES string of the molecule is CSc1ccc([C@@H]2C(S(=O)(=O)c3ccccc3)=C(O)C(=O)N2c2ccc(Br)cc2)cc1. The van der Waals surface area contributed by atoms with Crippen LogP contribution in [-0.4, -0.2) is 25.7 Å². The lowest BCUT2D eigenvalue weighted by Gasteiger charge is -2.27. The molecule has 0 saturated carbocycles. The second kappa shape index (κ2) is 8.53. The number of rotatable bonds is 5. The van der Waals surface area contributed by atoms with E-state index in [4.69, 9.17) is 0 Å². The summed E-state index contributed by atoms with van der Waals surface area (Å²) in [5.41, 5.74) is 1.07. The number of carbonyl (C=O) groups excluding carboxylic acids is 1. The van der Waals surface area contributed by atoms with Crippen molar-refractivity contribution in [1.29, 1.82) is 0 Å². The zero-order chi connectivity index (χ0) is 22.2. The van der Waals surface area contributed by atoms with E-state index < -0.39 is 27.5 Å². The zero-order valence-electron chi connectivity index (χ0n) is 16.4. The fraction of sp³-hybridized carbons (Fsp3) is 0.0870. The first-order valence-corrected chi connectivity index (χ1v) is 12.8. The number of sulfone groups is 1. The molecule has 3 aromatic carbocycles. The van der Waals surface area contributed by atoms with Crippen molar-refractivity contribution >= 4 is 49.1 Å². The summed E-state index contributed by atoms with van der Waals surface area (Å²) in [6, 6.07) is 21.1. The summed E-state index contributed by atoms with van der Waals surface area (Å²) in [7, 11) is -4.13. The molecule has 1 heterocycles. The van der Waals surface area contributed by atoms with Gasteiger partial charge in [-0.25, -0.2) is 8.42 Å². The quantitative estimate of drug-likeness (QED) is 0.454. The molecule has 5 nitrogen and oxygen atoms in total. The van der Waals surface area contributed by atoms with E-state index in [9.17, 15) is 18.3 Å². The van der Waals surface area contributed by atoms with E-state index in [0.29, 0.717) is 11.3 Å². The molecule has 3 aromatic rings. The topological polar surface area (TPSA) is 74.7 Å². The predicted molar refractivity (Wildman–Crippen MR) is 126 cm³/mol. The van der Waals surface area contributed by atoms with E-state index in [1.165, 1.54) is 17.0 Å². The number of hydrogen-bond acceptors (Lipinski definition) is 5. The first-order valence-electron chi connectivity index (χ1n) is 9.31. The van der Waals surface area contributed by atoms with Gasteiger partial charge in [-0.3, -0.25) is 9.69 Å². The fourth-order valence-electron chi connectivity index (χ4n) is 3.54. The van der Waals surface area contributed by atoms with Gasteiger partial charge in [0.05, 0.1) is 4.90 Å². The molecule has 0 aliphatic carbocycles. The van der Waals surface area contributed by atoms with Gasteiger partial charge in [0, 0.05) is 15.1 Å². The van der Waals surface area contributed by atoms with E-state index in [1.807, 2.05) is 18.4 Å². The van der Waals surface area contributed by atoms with Gasteiger partial charge in [-0.05, 0) is 60.4 Å². The van der Waals surface area contributed by atoms with Crippen molar-refractivity contribution in [2.45, 2.75) is 15.8 Å². The third-order valence-electron chi connectivity index (χ3n) is 5.04. The summed E-state index contributed by atoms with van der Waals surface area (Å²) in [5, 5.41) is 10.8. The number of halogens is 1. The van der Waals surface area contributed by atoms with Gasteiger partial charge in [0.25, 0.3) is 5.91 Å². The summed E-state index contributed by atoms with van der Waals surface area (Å²) >= 11 is 4.93. The lowest BCUT2D eigenvalue weighted by atomic mass is 10.1. The van der Waals surface area contributed by atoms with Gasteiger partial charge in [-0.15, -0.1) is 11.8 Å². The minimum absolute atomic E-state index is 0.0211. The summed E-state index contributed by atoms with van der Waals surface area (Å²) < 4.78 is 27.9. The monoisotopic (exact) mass is 515 g/mol. The third-order valence-corrected chi connectivity index (χ3v) is 8.20. The Morgan fingerprint density at radius 3 is 2.13 bits per heavy atom. The molecular formula is C23H18BrNO4S2. The Balaban J connectivity index is 1.93. The fourth-order valence-corrected chi connectivity index (χ4v) is 5.86. The van der Waals surface area contributed by atoms with Gasteiger partial charge in [-0.1, -0.05) is 46.3 Å². The minimum atomic E-state index is -4.13. The van der Waals surface area contributed by atoms with Crippen LogP contribution in [0.5, 0.6) is 0 Å². The Labute approximate surface area is 193 Å². The Morgan fingerprint density at radius 2 is 1.55 bits per heavy atom. The number of benzene rings is 3. The number of nitrogens with zero attached hydrogens (tertiary/aromatic N) is 1. The molecular weight excluding hydrogens is 498 g/mol. The highest BCUT2D eigenvalue weighted by Gasteiger charge is 2.47. The average Bonchev–Trinajstić information content (AvgIpc) is 3.06. The number of amides is 1. The molecule has 4 rings (SSSR count). The number of aliphatic hydroxyl groups excluding tert-OH is 1. The van der Waals surface area contributed by atoms with Crippen LogP contribution in [0.2, 0.25) is 0 Å². The summed E-state index contributed by atoms with van der Waals surface area (Å²) in [5.74, 6) is -1.51. The molecule has 158 valence electrons. The Kier molecular flexibility index (Phi) is 5.96. The maximum atomic E-state index is 13.5. The Bertz CT molecular complexity index is 1260. The number of hydrogen-bond donors (Lipinski definition) is 1. The van der Waals surface area contributed by atoms with Gasteiger partial charge in [0.15, 0.2) is 5.76 Å². The van der Waals surface area contributed by atoms with Crippen molar-refractivity contribution in [2.24, 2.45) is 0 Å². The molecule has 0 fully saturated rings. The van der Waals surface area contributed by atoms with Crippen LogP contribution in [0.25, 0.3) is 0 Å². The van der Waals surface area contributed by atoms with Crippen LogP contribution in [0.1, 0.15) is 11.6 Å². The van der Waals surface area contributed by atoms with Crippen molar-refractivity contribution < 1.29 is 18.3 Å². The van der Waals surface area contributed by atoms with Crippen LogP contribution in [-0.2, 0) is 14.6 Å². The van der Waals surface area contributed by atoms with Crippen LogP contribution < -0.4 is 4.90 Å². The minimum Gasteiger partial charge on any atom is -0.502 e. The number of anilines is 1. The smallest absolute Gasteiger partial charge is 0.295 e. The first kappa shape index (κ1) is 21.7. The molecule has 31 heavy (non-hydrogen) atoms. The van der Waals surface area contributed by atoms with Crippen molar-refractivity contribution in [2.75, 3.05) is 11.2 Å². The summed E-state index contributed by atoms with van der Waals surface area (Å²) in [6.45, 7) is 0. The number of aliphatic hydroxyl groups is 1. The van der Waals surface area contributed by atoms with E-state index >= 15 is 0 Å². The molecule has 1 amide bonds. The maximum absolute atomic E-state index is 13.5. The normalized spacial score (nSPS) is 16.8. The van der Waals surface area contributed by atoms with Crippen LogP contribution >= 0.6 is 27.7 Å². The molecule has 1 N–H and O–H groups in total. The van der Waals surface area contributed by atoms with Crippen molar-refractivity contribution in [3.05, 3.63) is 99.6 Å². The Hall–Kier alpha value is -2.55. The lowest BCUT2D eigenvalue weighted by molar-refractivity contribution is -0.117. The third kappa shape index (κ3) is 3.91. The molecule has 1 atom stereocenters. The standard InChI is InChI=1S/C23H18BrNO4S2/c1-30-18-13-7-15(8-14-18)20-22(31(28,29)19-5-3-2-4-6-19)21(26)23(27)25(20)17-11-9-16(24)10-12-17/h2-14,20,26H,1H3/t20-/m1/s1. The van der Waals surface area contributed by atoms with E-state index in [0.717, 1.165) is 9.37 Å². The van der Waals surface area contributed by atoms with Gasteiger partial charge >= 0.3 is 0 Å². The molecule has 0 saturated heterocycles. The van der Waals surface area contributed by atoms with Gasteiger partial charge < -0.3 is 5.11 Å². The van der Waals surface area contributed by atoms with E-state index in [2.05, 4.69) is 15.9 Å². The largest absolute Gasteiger partial charge is 0.502 e. The van der Waals surface area contributed by atoms with Crippen LogP contribution in [0.3, 0.4) is 0 Å². The molecule has 1 aliphatic heterocycles. The van der Waals surface area contributed by atoms with Crippen molar-refractivity contribution in [1.82, 2.24) is 0 Å². The van der Waals surface area contributed by atoms with Crippen LogP contribution in [0, 0.1) is 0 Å². The highest BCUT2D eigenvalue weighted by atomic mass is 79.9. The highest BCUT2D eigenvalue weighted by Crippen LogP contribution is 2.45. The van der Waals surface area contributed by atoms with Crippen molar-refractivity contribution in [3.63, 3.8) is 0 Å². The zero-order valence-corrected chi connectivity index (χ0v) is 19.6. The van der Waals surface area contributed by atoms with Gasteiger partial charge in [-0.2, -0.15) is 0 Å². The lowest BCUT2D eigenvalue weighted by Crippen LogP contribution is -2.31. The van der Waals surface area contributed by atoms with Gasteiger partial charge in [0.2, 0.25) is 9.84 Å². The van der Waals surface area contributed by atoms with E-state index in [1.54, 1.807) is 66.4 Å². The summed E-state index contributed by atoms with van der Waals surface area (Å²) in [6.07, 6.45) is 1.94. The second-order valence-electron chi connectivity index (χ2n) is 6.86. The van der Waals surface area contributed by atoms with Crippen LogP contribution in [0.15, 0.2) is 104 Å². The Morgan fingerprint density at radius 1 is 0.935 bits per heavy atom. The molecule has 0 spiro atoms.